The summed E-state index contributed by atoms with van der Waals surface area (Å²) >= 11 is 0. The van der Waals surface area contributed by atoms with Gasteiger partial charge in [0.1, 0.15) is 5.82 Å². The number of nitrogens with zero attached hydrogens (tertiary/aromatic N) is 2. The van der Waals surface area contributed by atoms with Gasteiger partial charge in [-0.3, -0.25) is 9.36 Å². The predicted octanol–water partition coefficient (Wildman–Crippen LogP) is 4.38. The minimum absolute atomic E-state index is 0.169. The highest BCUT2D eigenvalue weighted by Crippen LogP contribution is 2.23. The number of carbonyl (C=O) groups excluding carboxylic acids is 1. The number of aromatic nitrogens is 2. The molecular weight excluding hydrogens is 346 g/mol. The Morgan fingerprint density at radius 3 is 2.36 bits per heavy atom. The van der Waals surface area contributed by atoms with Crippen LogP contribution in [0.15, 0.2) is 85.5 Å². The number of hydrogen-bond donors (Lipinski definition) is 1. The van der Waals surface area contributed by atoms with E-state index in [0.29, 0.717) is 18.5 Å². The van der Waals surface area contributed by atoms with Gasteiger partial charge in [-0.05, 0) is 24.6 Å². The van der Waals surface area contributed by atoms with Crippen molar-refractivity contribution < 1.29 is 4.79 Å². The molecule has 0 radical (unpaired) electrons. The lowest BCUT2D eigenvalue weighted by Gasteiger charge is -2.14. The molecule has 0 bridgehead atoms. The van der Waals surface area contributed by atoms with Crippen LogP contribution in [0.25, 0.3) is 5.69 Å². The highest BCUT2D eigenvalue weighted by atomic mass is 16.1. The first-order valence-corrected chi connectivity index (χ1v) is 9.33. The molecule has 0 aliphatic rings. The van der Waals surface area contributed by atoms with E-state index in [-0.39, 0.29) is 5.91 Å². The average molecular weight is 371 g/mol. The lowest BCUT2D eigenvalue weighted by atomic mass is 10.1. The third-order valence-electron chi connectivity index (χ3n) is 4.49. The van der Waals surface area contributed by atoms with Crippen LogP contribution in [0, 0.1) is 0 Å². The molecule has 1 amide bonds. The molecule has 0 fully saturated rings. The van der Waals surface area contributed by atoms with E-state index >= 15 is 0 Å². The summed E-state index contributed by atoms with van der Waals surface area (Å²) in [6.07, 6.45) is 3.28. The van der Waals surface area contributed by atoms with Crippen LogP contribution in [0.5, 0.6) is 0 Å². The van der Waals surface area contributed by atoms with Crippen LogP contribution in [0.3, 0.4) is 0 Å². The number of para-hydroxylation sites is 1. The molecular formula is C24H25N3O. The molecule has 2 aromatic carbocycles. The second-order valence-electron chi connectivity index (χ2n) is 6.71. The summed E-state index contributed by atoms with van der Waals surface area (Å²) in [5.74, 6) is 0.626. The Labute approximate surface area is 166 Å². The Morgan fingerprint density at radius 1 is 1.11 bits per heavy atom. The second kappa shape index (κ2) is 9.00. The van der Waals surface area contributed by atoms with Gasteiger partial charge in [0.25, 0.3) is 0 Å². The Hall–Kier alpha value is -3.40. The number of imidazole rings is 1. The maximum absolute atomic E-state index is 12.0. The quantitative estimate of drug-likeness (QED) is 0.472. The maximum atomic E-state index is 12.0. The fraction of sp³-hybridized carbons (Fsp3) is 0.167. The zero-order valence-electron chi connectivity index (χ0n) is 16.2. The van der Waals surface area contributed by atoms with Gasteiger partial charge in [-0.15, -0.1) is 6.58 Å². The third kappa shape index (κ3) is 4.46. The van der Waals surface area contributed by atoms with Crippen molar-refractivity contribution in [1.82, 2.24) is 14.9 Å². The molecule has 0 aliphatic carbocycles. The maximum Gasteiger partial charge on any atom is 0.246 e. The molecule has 4 nitrogen and oxygen atoms in total. The van der Waals surface area contributed by atoms with Crippen LogP contribution in [0.2, 0.25) is 0 Å². The van der Waals surface area contributed by atoms with Crippen molar-refractivity contribution in [1.29, 1.82) is 0 Å². The van der Waals surface area contributed by atoms with Crippen LogP contribution in [-0.4, -0.2) is 15.5 Å². The highest BCUT2D eigenvalue weighted by Gasteiger charge is 2.18. The summed E-state index contributed by atoms with van der Waals surface area (Å²) in [6.45, 7) is 9.62. The van der Waals surface area contributed by atoms with Gasteiger partial charge in [0.15, 0.2) is 0 Å². The summed E-state index contributed by atoms with van der Waals surface area (Å²) < 4.78 is 2.14. The Balaban J connectivity index is 2.07. The van der Waals surface area contributed by atoms with Gasteiger partial charge in [-0.25, -0.2) is 4.98 Å². The first kappa shape index (κ1) is 19.4. The van der Waals surface area contributed by atoms with Gasteiger partial charge in [-0.1, -0.05) is 61.2 Å². The first-order chi connectivity index (χ1) is 13.6. The van der Waals surface area contributed by atoms with E-state index in [4.69, 9.17) is 4.98 Å². The van der Waals surface area contributed by atoms with Gasteiger partial charge in [0.2, 0.25) is 5.91 Å². The van der Waals surface area contributed by atoms with Crippen LogP contribution in [-0.2, 0) is 24.2 Å². The third-order valence-corrected chi connectivity index (χ3v) is 4.49. The minimum atomic E-state index is -0.169. The van der Waals surface area contributed by atoms with Crippen molar-refractivity contribution in [3.05, 3.63) is 108 Å². The topological polar surface area (TPSA) is 46.9 Å². The molecule has 0 saturated heterocycles. The Morgan fingerprint density at radius 2 is 1.75 bits per heavy atom. The largest absolute Gasteiger partial charge is 0.345 e. The molecule has 1 heterocycles. The number of carbonyl (C=O) groups is 1. The fourth-order valence-electron chi connectivity index (χ4n) is 3.14. The molecule has 0 aliphatic heterocycles. The van der Waals surface area contributed by atoms with Crippen molar-refractivity contribution in [3.8, 4) is 5.69 Å². The minimum Gasteiger partial charge on any atom is -0.345 e. The molecule has 4 heteroatoms. The van der Waals surface area contributed by atoms with E-state index < -0.39 is 0 Å². The summed E-state index contributed by atoms with van der Waals surface area (Å²) in [5.41, 5.74) is 4.80. The van der Waals surface area contributed by atoms with Crippen LogP contribution in [0.4, 0.5) is 0 Å². The van der Waals surface area contributed by atoms with Gasteiger partial charge in [0, 0.05) is 24.1 Å². The highest BCUT2D eigenvalue weighted by molar-refractivity contribution is 5.91. The van der Waals surface area contributed by atoms with E-state index in [1.165, 1.54) is 5.56 Å². The molecule has 142 valence electrons. The number of nitrogens with one attached hydrogen (secondary N) is 1. The molecule has 3 aromatic rings. The predicted molar refractivity (Wildman–Crippen MR) is 113 cm³/mol. The number of amides is 1. The van der Waals surface area contributed by atoms with Gasteiger partial charge >= 0.3 is 0 Å². The summed E-state index contributed by atoms with van der Waals surface area (Å²) in [5, 5.41) is 2.91. The van der Waals surface area contributed by atoms with Crippen molar-refractivity contribution >= 4 is 5.91 Å². The smallest absolute Gasteiger partial charge is 0.246 e. The number of hydrogen-bond acceptors (Lipinski definition) is 2. The molecule has 0 spiro atoms. The number of allylic oxidation sites excluding steroid dienone is 1. The van der Waals surface area contributed by atoms with E-state index in [0.717, 1.165) is 29.3 Å². The molecule has 3 rings (SSSR count). The molecule has 1 aromatic heterocycles. The van der Waals surface area contributed by atoms with Crippen molar-refractivity contribution in [3.63, 3.8) is 0 Å². The van der Waals surface area contributed by atoms with Crippen molar-refractivity contribution in [2.45, 2.75) is 26.3 Å². The van der Waals surface area contributed by atoms with E-state index in [1.54, 1.807) is 6.92 Å². The van der Waals surface area contributed by atoms with Gasteiger partial charge in [-0.2, -0.15) is 0 Å². The Bertz CT molecular complexity index is 972. The van der Waals surface area contributed by atoms with Crippen molar-refractivity contribution in [2.24, 2.45) is 0 Å². The molecule has 0 unspecified atom stereocenters. The normalized spacial score (nSPS) is 10.5. The summed E-state index contributed by atoms with van der Waals surface area (Å²) in [7, 11) is 0. The first-order valence-electron chi connectivity index (χ1n) is 9.33. The number of rotatable bonds is 8. The molecule has 0 atom stereocenters. The SMILES string of the molecule is C=CCc1nc(CNC(=O)C(=C)C)n(-c2ccccc2)c1Cc1ccccc1. The zero-order valence-corrected chi connectivity index (χ0v) is 16.2. The van der Waals surface area contributed by atoms with Crippen LogP contribution >= 0.6 is 0 Å². The second-order valence-corrected chi connectivity index (χ2v) is 6.71. The van der Waals surface area contributed by atoms with E-state index in [1.807, 2.05) is 42.5 Å². The van der Waals surface area contributed by atoms with Gasteiger partial charge in [0.05, 0.1) is 17.9 Å². The summed E-state index contributed by atoms with van der Waals surface area (Å²) in [6, 6.07) is 20.4. The van der Waals surface area contributed by atoms with E-state index in [2.05, 4.69) is 47.3 Å². The Kier molecular flexibility index (Phi) is 6.22. The lowest BCUT2D eigenvalue weighted by Crippen LogP contribution is -2.25. The summed E-state index contributed by atoms with van der Waals surface area (Å²) in [4.78, 5) is 16.9. The molecule has 0 saturated carbocycles. The van der Waals surface area contributed by atoms with Crippen LogP contribution in [0.1, 0.15) is 29.7 Å². The van der Waals surface area contributed by atoms with Crippen LogP contribution < -0.4 is 5.32 Å². The molecule has 28 heavy (non-hydrogen) atoms. The lowest BCUT2D eigenvalue weighted by molar-refractivity contribution is -0.117. The standard InChI is InChI=1S/C24H25N3O/c1-4-11-21-22(16-19-12-7-5-8-13-19)27(20-14-9-6-10-15-20)23(26-21)17-25-24(28)18(2)3/h4-10,12-15H,1-2,11,16-17H2,3H3,(H,25,28). The fourth-order valence-corrected chi connectivity index (χ4v) is 3.14. The monoisotopic (exact) mass is 371 g/mol. The average Bonchev–Trinajstić information content (AvgIpc) is 3.04. The number of benzene rings is 2. The van der Waals surface area contributed by atoms with Gasteiger partial charge < -0.3 is 5.32 Å². The van der Waals surface area contributed by atoms with E-state index in [9.17, 15) is 4.79 Å². The molecule has 1 N–H and O–H groups in total. The van der Waals surface area contributed by atoms with Crippen molar-refractivity contribution in [2.75, 3.05) is 0 Å². The zero-order chi connectivity index (χ0) is 19.9.